The number of likely N-dealkylation sites (tertiary alicyclic amines) is 1. The summed E-state index contributed by atoms with van der Waals surface area (Å²) in [7, 11) is 0. The number of benzene rings is 1. The third-order valence-corrected chi connectivity index (χ3v) is 6.51. The Kier molecular flexibility index (Phi) is 5.84. The van der Waals surface area contributed by atoms with Crippen molar-refractivity contribution in [2.24, 2.45) is 0 Å². The van der Waals surface area contributed by atoms with Crippen LogP contribution < -0.4 is 5.32 Å². The predicted molar refractivity (Wildman–Crippen MR) is 112 cm³/mol. The molecule has 158 valence electrons. The fourth-order valence-corrected chi connectivity index (χ4v) is 5.07. The van der Waals surface area contributed by atoms with Gasteiger partial charge in [0.1, 0.15) is 5.82 Å². The molecule has 0 unspecified atom stereocenters. The highest BCUT2D eigenvalue weighted by Crippen LogP contribution is 2.46. The Morgan fingerprint density at radius 2 is 1.97 bits per heavy atom. The van der Waals surface area contributed by atoms with Crippen LogP contribution in [0.4, 0.5) is 4.39 Å². The van der Waals surface area contributed by atoms with Gasteiger partial charge < -0.3 is 10.2 Å². The molecular weight excluding hydrogens is 381 g/mol. The SMILES string of the molecule is CC(=O)NCc1cc([C@@H]2CCCN2C(=O)C2(c3ccccc3F)CCCC2)ccn1. The minimum absolute atomic E-state index is 0.0409. The van der Waals surface area contributed by atoms with Gasteiger partial charge in [0.25, 0.3) is 0 Å². The summed E-state index contributed by atoms with van der Waals surface area (Å²) in [6.07, 6.45) is 6.80. The quantitative estimate of drug-likeness (QED) is 0.811. The number of hydrogen-bond acceptors (Lipinski definition) is 3. The van der Waals surface area contributed by atoms with E-state index < -0.39 is 5.41 Å². The van der Waals surface area contributed by atoms with Gasteiger partial charge in [0.2, 0.25) is 11.8 Å². The van der Waals surface area contributed by atoms with Gasteiger partial charge in [0, 0.05) is 25.2 Å². The van der Waals surface area contributed by atoms with E-state index in [0.29, 0.717) is 31.5 Å². The monoisotopic (exact) mass is 409 g/mol. The van der Waals surface area contributed by atoms with Gasteiger partial charge in [0.15, 0.2) is 0 Å². The van der Waals surface area contributed by atoms with Crippen molar-refractivity contribution in [3.05, 3.63) is 65.2 Å². The molecule has 0 bridgehead atoms. The van der Waals surface area contributed by atoms with Crippen LogP contribution in [0.3, 0.4) is 0 Å². The molecule has 0 spiro atoms. The summed E-state index contributed by atoms with van der Waals surface area (Å²) in [6, 6.07) is 10.6. The molecule has 2 heterocycles. The Hall–Kier alpha value is -2.76. The lowest BCUT2D eigenvalue weighted by atomic mass is 9.77. The van der Waals surface area contributed by atoms with Gasteiger partial charge in [-0.15, -0.1) is 0 Å². The summed E-state index contributed by atoms with van der Waals surface area (Å²) in [6.45, 7) is 2.52. The van der Waals surface area contributed by atoms with Crippen molar-refractivity contribution in [2.75, 3.05) is 6.54 Å². The number of rotatable bonds is 5. The zero-order valence-corrected chi connectivity index (χ0v) is 17.4. The van der Waals surface area contributed by atoms with Crippen LogP contribution in [0.25, 0.3) is 0 Å². The van der Waals surface area contributed by atoms with Gasteiger partial charge in [-0.2, -0.15) is 0 Å². The number of pyridine rings is 1. The van der Waals surface area contributed by atoms with Crippen molar-refractivity contribution in [3.8, 4) is 0 Å². The van der Waals surface area contributed by atoms with Gasteiger partial charge >= 0.3 is 0 Å². The van der Waals surface area contributed by atoms with E-state index in [1.807, 2.05) is 23.1 Å². The van der Waals surface area contributed by atoms with E-state index >= 15 is 0 Å². The Bertz CT molecular complexity index is 940. The lowest BCUT2D eigenvalue weighted by Gasteiger charge is -2.36. The zero-order valence-electron chi connectivity index (χ0n) is 17.4. The third-order valence-electron chi connectivity index (χ3n) is 6.51. The van der Waals surface area contributed by atoms with Crippen molar-refractivity contribution < 1.29 is 14.0 Å². The van der Waals surface area contributed by atoms with E-state index in [1.54, 1.807) is 18.3 Å². The van der Waals surface area contributed by atoms with Crippen LogP contribution in [-0.2, 0) is 21.5 Å². The summed E-state index contributed by atoms with van der Waals surface area (Å²) in [5.74, 6) is -0.342. The lowest BCUT2D eigenvalue weighted by Crippen LogP contribution is -2.45. The number of nitrogens with zero attached hydrogens (tertiary/aromatic N) is 2. The van der Waals surface area contributed by atoms with E-state index in [-0.39, 0.29) is 23.7 Å². The number of amides is 2. The van der Waals surface area contributed by atoms with Gasteiger partial charge in [-0.05, 0) is 49.4 Å². The average Bonchev–Trinajstić information content (AvgIpc) is 3.43. The van der Waals surface area contributed by atoms with Crippen LogP contribution in [0.5, 0.6) is 0 Å². The second-order valence-corrected chi connectivity index (χ2v) is 8.42. The van der Waals surface area contributed by atoms with Gasteiger partial charge in [-0.3, -0.25) is 14.6 Å². The molecule has 4 rings (SSSR count). The number of halogens is 1. The average molecular weight is 410 g/mol. The van der Waals surface area contributed by atoms with Crippen molar-refractivity contribution in [3.63, 3.8) is 0 Å². The molecule has 2 aliphatic rings. The first kappa shape index (κ1) is 20.5. The topological polar surface area (TPSA) is 62.3 Å². The predicted octanol–water partition coefficient (Wildman–Crippen LogP) is 4.03. The number of carbonyl (C=O) groups is 2. The molecule has 1 saturated heterocycles. The number of carbonyl (C=O) groups excluding carboxylic acids is 2. The van der Waals surface area contributed by atoms with Crippen LogP contribution in [0, 0.1) is 5.82 Å². The minimum Gasteiger partial charge on any atom is -0.351 e. The van der Waals surface area contributed by atoms with Crippen LogP contribution in [-0.4, -0.2) is 28.2 Å². The molecule has 1 N–H and O–H groups in total. The minimum atomic E-state index is -0.764. The first-order valence-electron chi connectivity index (χ1n) is 10.8. The smallest absolute Gasteiger partial charge is 0.233 e. The molecule has 1 aromatic heterocycles. The largest absolute Gasteiger partial charge is 0.351 e. The molecule has 2 aromatic rings. The van der Waals surface area contributed by atoms with E-state index in [1.165, 1.54) is 13.0 Å². The van der Waals surface area contributed by atoms with Gasteiger partial charge in [-0.25, -0.2) is 4.39 Å². The fourth-order valence-electron chi connectivity index (χ4n) is 5.07. The molecule has 6 heteroatoms. The molecule has 1 aliphatic heterocycles. The molecule has 2 amide bonds. The number of hydrogen-bond donors (Lipinski definition) is 1. The Labute approximate surface area is 176 Å². The Morgan fingerprint density at radius 3 is 2.70 bits per heavy atom. The van der Waals surface area contributed by atoms with Crippen molar-refractivity contribution in [2.45, 2.75) is 63.5 Å². The maximum absolute atomic E-state index is 14.7. The standard InChI is InChI=1S/C24H28FN3O2/c1-17(29)27-16-19-15-18(10-13-26-19)22-9-6-14-28(22)23(30)24(11-4-5-12-24)20-7-2-3-8-21(20)25/h2-3,7-8,10,13,15,22H,4-6,9,11-12,14,16H2,1H3,(H,27,29)/t22-/m0/s1. The molecule has 30 heavy (non-hydrogen) atoms. The number of aromatic nitrogens is 1. The highest BCUT2D eigenvalue weighted by Gasteiger charge is 2.48. The number of nitrogens with one attached hydrogen (secondary N) is 1. The second kappa shape index (κ2) is 8.54. The van der Waals surface area contributed by atoms with Crippen LogP contribution in [0.1, 0.15) is 68.3 Å². The molecule has 1 atom stereocenters. The van der Waals surface area contributed by atoms with E-state index in [9.17, 15) is 14.0 Å². The molecule has 0 radical (unpaired) electrons. The van der Waals surface area contributed by atoms with Crippen molar-refractivity contribution in [1.82, 2.24) is 15.2 Å². The Balaban J connectivity index is 1.63. The Morgan fingerprint density at radius 1 is 1.20 bits per heavy atom. The maximum Gasteiger partial charge on any atom is 0.233 e. The molecule has 2 fully saturated rings. The van der Waals surface area contributed by atoms with Gasteiger partial charge in [0.05, 0.1) is 23.7 Å². The van der Waals surface area contributed by atoms with Crippen molar-refractivity contribution in [1.29, 1.82) is 0 Å². The van der Waals surface area contributed by atoms with E-state index in [2.05, 4.69) is 10.3 Å². The summed E-state index contributed by atoms with van der Waals surface area (Å²) < 4.78 is 14.7. The molecule has 1 aromatic carbocycles. The molecule has 1 saturated carbocycles. The van der Waals surface area contributed by atoms with Crippen molar-refractivity contribution >= 4 is 11.8 Å². The molecular formula is C24H28FN3O2. The molecule has 5 nitrogen and oxygen atoms in total. The van der Waals surface area contributed by atoms with E-state index in [0.717, 1.165) is 36.9 Å². The van der Waals surface area contributed by atoms with Crippen LogP contribution >= 0.6 is 0 Å². The van der Waals surface area contributed by atoms with Gasteiger partial charge in [-0.1, -0.05) is 31.0 Å². The summed E-state index contributed by atoms with van der Waals surface area (Å²) in [4.78, 5) is 31.4. The maximum atomic E-state index is 14.7. The van der Waals surface area contributed by atoms with Crippen LogP contribution in [0.2, 0.25) is 0 Å². The first-order chi connectivity index (χ1) is 14.5. The third kappa shape index (κ3) is 3.83. The summed E-state index contributed by atoms with van der Waals surface area (Å²) in [5, 5.41) is 2.77. The highest BCUT2D eigenvalue weighted by molar-refractivity contribution is 5.89. The lowest BCUT2D eigenvalue weighted by molar-refractivity contribution is -0.138. The highest BCUT2D eigenvalue weighted by atomic mass is 19.1. The van der Waals surface area contributed by atoms with Crippen LogP contribution in [0.15, 0.2) is 42.6 Å². The summed E-state index contributed by atoms with van der Waals surface area (Å²) in [5.41, 5.74) is 1.57. The normalized spacial score (nSPS) is 20.3. The first-order valence-corrected chi connectivity index (χ1v) is 10.8. The fraction of sp³-hybridized carbons (Fsp3) is 0.458. The van der Waals surface area contributed by atoms with E-state index in [4.69, 9.17) is 0 Å². The molecule has 1 aliphatic carbocycles. The second-order valence-electron chi connectivity index (χ2n) is 8.42. The zero-order chi connectivity index (χ0) is 21.1. The summed E-state index contributed by atoms with van der Waals surface area (Å²) >= 11 is 0.